The molecule has 0 aliphatic carbocycles. The fourth-order valence-electron chi connectivity index (χ4n) is 4.11. The minimum Gasteiger partial charge on any atom is -0.491 e. The van der Waals surface area contributed by atoms with Crippen LogP contribution in [-0.4, -0.2) is 35.8 Å². The maximum absolute atomic E-state index is 6.56. The third-order valence-electron chi connectivity index (χ3n) is 5.87. The third-order valence-corrected chi connectivity index (χ3v) is 5.87. The van der Waals surface area contributed by atoms with E-state index in [1.807, 2.05) is 79.0 Å². The van der Waals surface area contributed by atoms with E-state index in [2.05, 4.69) is 22.0 Å². The Hall–Kier alpha value is -3.44. The third kappa shape index (κ3) is 4.89. The van der Waals surface area contributed by atoms with Crippen LogP contribution < -0.4 is 9.64 Å². The number of rotatable bonds is 7. The van der Waals surface area contributed by atoms with Crippen molar-refractivity contribution in [3.63, 3.8) is 0 Å². The first-order valence-corrected chi connectivity index (χ1v) is 11.2. The minimum atomic E-state index is -0.107. The van der Waals surface area contributed by atoms with E-state index in [9.17, 15) is 0 Å². The Bertz CT molecular complexity index is 1130. The van der Waals surface area contributed by atoms with E-state index in [1.165, 1.54) is 0 Å². The van der Waals surface area contributed by atoms with E-state index in [1.54, 1.807) is 0 Å². The molecule has 5 nitrogen and oxygen atoms in total. The fourth-order valence-corrected chi connectivity index (χ4v) is 4.11. The lowest BCUT2D eigenvalue weighted by Gasteiger charge is -2.34. The fraction of sp³-hybridized carbons (Fsp3) is 0.259. The molecule has 1 atom stereocenters. The Kier molecular flexibility index (Phi) is 6.26. The number of fused-ring (bicyclic) bond motifs is 1. The van der Waals surface area contributed by atoms with Gasteiger partial charge in [0.05, 0.1) is 11.6 Å². The van der Waals surface area contributed by atoms with Crippen molar-refractivity contribution in [3.05, 3.63) is 96.7 Å². The maximum Gasteiger partial charge on any atom is 0.225 e. The van der Waals surface area contributed by atoms with Crippen LogP contribution in [0.25, 0.3) is 10.9 Å². The lowest BCUT2D eigenvalue weighted by molar-refractivity contribution is -0.0453. The second kappa shape index (κ2) is 9.79. The number of hydrogen-bond acceptors (Lipinski definition) is 5. The number of aromatic nitrogens is 2. The van der Waals surface area contributed by atoms with Crippen molar-refractivity contribution in [1.82, 2.24) is 9.97 Å². The molecular weight excluding hydrogens is 398 g/mol. The molecular formula is C27H27N3O2. The van der Waals surface area contributed by atoms with E-state index < -0.39 is 0 Å². The zero-order valence-electron chi connectivity index (χ0n) is 18.0. The molecule has 1 aliphatic heterocycles. The van der Waals surface area contributed by atoms with Crippen LogP contribution in [0.3, 0.4) is 0 Å². The molecule has 0 bridgehead atoms. The van der Waals surface area contributed by atoms with Crippen LogP contribution >= 0.6 is 0 Å². The molecule has 0 radical (unpaired) electrons. The summed E-state index contributed by atoms with van der Waals surface area (Å²) in [6, 6.07) is 28.4. The second-order valence-electron chi connectivity index (χ2n) is 8.07. The molecule has 162 valence electrons. The summed E-state index contributed by atoms with van der Waals surface area (Å²) in [6.07, 6.45) is 3.85. The smallest absolute Gasteiger partial charge is 0.225 e. The average Bonchev–Trinajstić information content (AvgIpc) is 2.88. The first-order valence-electron chi connectivity index (χ1n) is 11.2. The van der Waals surface area contributed by atoms with E-state index in [-0.39, 0.29) is 12.2 Å². The summed E-state index contributed by atoms with van der Waals surface area (Å²) >= 11 is 0. The molecule has 5 heteroatoms. The van der Waals surface area contributed by atoms with Gasteiger partial charge in [-0.2, -0.15) is 0 Å². The minimum absolute atomic E-state index is 0.107. The van der Waals surface area contributed by atoms with Crippen LogP contribution in [0.1, 0.15) is 24.5 Å². The van der Waals surface area contributed by atoms with Crippen molar-refractivity contribution < 1.29 is 9.47 Å². The van der Waals surface area contributed by atoms with E-state index in [4.69, 9.17) is 14.5 Å². The van der Waals surface area contributed by atoms with E-state index >= 15 is 0 Å². The summed E-state index contributed by atoms with van der Waals surface area (Å²) in [5.41, 5.74) is 2.13. The first-order chi connectivity index (χ1) is 15.8. The zero-order chi connectivity index (χ0) is 21.6. The maximum atomic E-state index is 6.56. The van der Waals surface area contributed by atoms with Gasteiger partial charge in [0, 0.05) is 24.7 Å². The standard InChI is InChI=1S/C27H27N3O2/c1-3-9-21(10-4-1)26(20-31-23-12-5-2-6-13-23)32-24-15-17-30(18-16-24)27-28-19-22-11-7-8-14-25(22)29-27/h1-14,19,24,26H,15-18,20H2. The number of para-hydroxylation sites is 2. The summed E-state index contributed by atoms with van der Waals surface area (Å²) in [4.78, 5) is 11.6. The van der Waals surface area contributed by atoms with Crippen molar-refractivity contribution in [2.45, 2.75) is 25.0 Å². The highest BCUT2D eigenvalue weighted by Gasteiger charge is 2.25. The van der Waals surface area contributed by atoms with E-state index in [0.717, 1.165) is 54.1 Å². The van der Waals surface area contributed by atoms with Gasteiger partial charge >= 0.3 is 0 Å². The molecule has 1 unspecified atom stereocenters. The highest BCUT2D eigenvalue weighted by atomic mass is 16.5. The van der Waals surface area contributed by atoms with Crippen LogP contribution in [0.5, 0.6) is 5.75 Å². The van der Waals surface area contributed by atoms with Gasteiger partial charge in [-0.15, -0.1) is 0 Å². The van der Waals surface area contributed by atoms with Gasteiger partial charge in [-0.05, 0) is 36.6 Å². The molecule has 1 aliphatic rings. The van der Waals surface area contributed by atoms with Crippen LogP contribution in [0.4, 0.5) is 5.95 Å². The monoisotopic (exact) mass is 425 g/mol. The van der Waals surface area contributed by atoms with Crippen LogP contribution in [0.2, 0.25) is 0 Å². The number of hydrogen-bond donors (Lipinski definition) is 0. The molecule has 1 fully saturated rings. The first kappa shape index (κ1) is 20.5. The molecule has 0 amide bonds. The number of anilines is 1. The molecule has 5 rings (SSSR count). The van der Waals surface area contributed by atoms with Crippen molar-refractivity contribution in [2.75, 3.05) is 24.6 Å². The second-order valence-corrected chi connectivity index (χ2v) is 8.07. The average molecular weight is 426 g/mol. The molecule has 0 N–H and O–H groups in total. The summed E-state index contributed by atoms with van der Waals surface area (Å²) in [5, 5.41) is 1.07. The van der Waals surface area contributed by atoms with Crippen molar-refractivity contribution >= 4 is 16.9 Å². The predicted molar refractivity (Wildman–Crippen MR) is 127 cm³/mol. The molecule has 1 saturated heterocycles. The predicted octanol–water partition coefficient (Wildman–Crippen LogP) is 5.44. The van der Waals surface area contributed by atoms with Gasteiger partial charge in [0.1, 0.15) is 18.5 Å². The SMILES string of the molecule is c1ccc(OCC(OC2CCN(c3ncc4ccccc4n3)CC2)c2ccccc2)cc1. The van der Waals surface area contributed by atoms with Crippen molar-refractivity contribution in [3.8, 4) is 5.75 Å². The zero-order valence-corrected chi connectivity index (χ0v) is 18.0. The normalized spacial score (nSPS) is 15.6. The van der Waals surface area contributed by atoms with Gasteiger partial charge in [-0.1, -0.05) is 66.7 Å². The Morgan fingerprint density at radius 3 is 2.31 bits per heavy atom. The molecule has 1 aromatic heterocycles. The molecule has 3 aromatic carbocycles. The summed E-state index contributed by atoms with van der Waals surface area (Å²) in [5.74, 6) is 1.66. The Labute approximate surface area is 188 Å². The van der Waals surface area contributed by atoms with Crippen molar-refractivity contribution in [1.29, 1.82) is 0 Å². The van der Waals surface area contributed by atoms with Gasteiger partial charge in [0.25, 0.3) is 0 Å². The number of nitrogens with zero attached hydrogens (tertiary/aromatic N) is 3. The quantitative estimate of drug-likeness (QED) is 0.395. The van der Waals surface area contributed by atoms with Gasteiger partial charge in [-0.3, -0.25) is 0 Å². The highest BCUT2D eigenvalue weighted by molar-refractivity contribution is 5.78. The number of ether oxygens (including phenoxy) is 2. The van der Waals surface area contributed by atoms with Gasteiger partial charge in [-0.25, -0.2) is 9.97 Å². The van der Waals surface area contributed by atoms with Crippen LogP contribution in [0.15, 0.2) is 91.1 Å². The topological polar surface area (TPSA) is 47.5 Å². The Morgan fingerprint density at radius 1 is 0.844 bits per heavy atom. The van der Waals surface area contributed by atoms with Gasteiger partial charge < -0.3 is 14.4 Å². The number of piperidine rings is 1. The Balaban J connectivity index is 1.22. The molecule has 2 heterocycles. The molecule has 32 heavy (non-hydrogen) atoms. The lowest BCUT2D eigenvalue weighted by Crippen LogP contribution is -2.39. The summed E-state index contributed by atoms with van der Waals surface area (Å²) < 4.78 is 12.6. The lowest BCUT2D eigenvalue weighted by atomic mass is 10.1. The molecule has 0 spiro atoms. The van der Waals surface area contributed by atoms with Gasteiger partial charge in [0.15, 0.2) is 0 Å². The van der Waals surface area contributed by atoms with Gasteiger partial charge in [0.2, 0.25) is 5.95 Å². The summed E-state index contributed by atoms with van der Waals surface area (Å²) in [6.45, 7) is 2.25. The van der Waals surface area contributed by atoms with E-state index in [0.29, 0.717) is 6.61 Å². The molecule has 0 saturated carbocycles. The van der Waals surface area contributed by atoms with Crippen LogP contribution in [0, 0.1) is 0 Å². The Morgan fingerprint density at radius 2 is 1.53 bits per heavy atom. The van der Waals surface area contributed by atoms with Crippen LogP contribution in [-0.2, 0) is 4.74 Å². The summed E-state index contributed by atoms with van der Waals surface area (Å²) in [7, 11) is 0. The number of benzene rings is 3. The molecule has 4 aromatic rings. The largest absolute Gasteiger partial charge is 0.491 e. The highest BCUT2D eigenvalue weighted by Crippen LogP contribution is 2.27. The van der Waals surface area contributed by atoms with Crippen molar-refractivity contribution in [2.24, 2.45) is 0 Å².